The Balaban J connectivity index is 2.41. The lowest BCUT2D eigenvalue weighted by Gasteiger charge is -1.95. The van der Waals surface area contributed by atoms with Crippen LogP contribution < -0.4 is 10.5 Å². The predicted molar refractivity (Wildman–Crippen MR) is 48.7 cm³/mol. The Bertz CT molecular complexity index is 411. The highest BCUT2D eigenvalue weighted by Gasteiger charge is 2.04. The minimum atomic E-state index is 0.425. The van der Waals surface area contributed by atoms with Gasteiger partial charge in [0.05, 0.1) is 0 Å². The summed E-state index contributed by atoms with van der Waals surface area (Å²) in [5.41, 5.74) is 6.22. The Morgan fingerprint density at radius 2 is 2.08 bits per heavy atom. The SMILES string of the molecule is Nc1nc(-c2cc[n+]([O-])cc2)ns1. The summed E-state index contributed by atoms with van der Waals surface area (Å²) in [4.78, 5) is 3.98. The molecule has 2 aromatic rings. The summed E-state index contributed by atoms with van der Waals surface area (Å²) in [6.07, 6.45) is 2.79. The molecule has 5 nitrogen and oxygen atoms in total. The Labute approximate surface area is 78.2 Å². The van der Waals surface area contributed by atoms with Gasteiger partial charge in [-0.1, -0.05) is 0 Å². The highest BCUT2D eigenvalue weighted by molar-refractivity contribution is 7.09. The van der Waals surface area contributed by atoms with Gasteiger partial charge in [-0.15, -0.1) is 0 Å². The molecule has 0 aliphatic carbocycles. The highest BCUT2D eigenvalue weighted by Crippen LogP contribution is 2.17. The fourth-order valence-corrected chi connectivity index (χ4v) is 1.37. The number of nitrogens with two attached hydrogens (primary N) is 1. The third-order valence-corrected chi connectivity index (χ3v) is 2.04. The lowest BCUT2D eigenvalue weighted by molar-refractivity contribution is -0.605. The molecule has 0 aliphatic heterocycles. The Morgan fingerprint density at radius 3 is 2.62 bits per heavy atom. The van der Waals surface area contributed by atoms with Crippen LogP contribution in [-0.4, -0.2) is 9.36 Å². The first-order valence-electron chi connectivity index (χ1n) is 3.54. The van der Waals surface area contributed by atoms with Crippen molar-refractivity contribution in [3.8, 4) is 11.4 Å². The van der Waals surface area contributed by atoms with Crippen molar-refractivity contribution in [3.63, 3.8) is 0 Å². The second-order valence-electron chi connectivity index (χ2n) is 2.40. The van der Waals surface area contributed by atoms with E-state index in [1.54, 1.807) is 12.1 Å². The van der Waals surface area contributed by atoms with Gasteiger partial charge in [-0.25, -0.2) is 0 Å². The molecule has 0 spiro atoms. The fourth-order valence-electron chi connectivity index (χ4n) is 0.914. The molecule has 0 atom stereocenters. The molecule has 0 saturated heterocycles. The molecule has 6 heteroatoms. The van der Waals surface area contributed by atoms with E-state index < -0.39 is 0 Å². The monoisotopic (exact) mass is 194 g/mol. The first-order valence-corrected chi connectivity index (χ1v) is 4.31. The molecule has 0 bridgehead atoms. The second-order valence-corrected chi connectivity index (χ2v) is 3.19. The van der Waals surface area contributed by atoms with E-state index in [4.69, 9.17) is 5.73 Å². The average molecular weight is 194 g/mol. The molecule has 13 heavy (non-hydrogen) atoms. The van der Waals surface area contributed by atoms with E-state index >= 15 is 0 Å². The van der Waals surface area contributed by atoms with E-state index in [1.807, 2.05) is 0 Å². The number of rotatable bonds is 1. The van der Waals surface area contributed by atoms with Crippen LogP contribution in [0.15, 0.2) is 24.5 Å². The van der Waals surface area contributed by atoms with E-state index in [0.29, 0.717) is 15.7 Å². The summed E-state index contributed by atoms with van der Waals surface area (Å²) >= 11 is 1.14. The number of nitrogens with zero attached hydrogens (tertiary/aromatic N) is 3. The van der Waals surface area contributed by atoms with Crippen molar-refractivity contribution in [3.05, 3.63) is 29.7 Å². The smallest absolute Gasteiger partial charge is 0.200 e. The quantitative estimate of drug-likeness (QED) is 0.527. The predicted octanol–water partition coefficient (Wildman–Crippen LogP) is 0.421. The first kappa shape index (κ1) is 7.93. The van der Waals surface area contributed by atoms with Crippen LogP contribution in [-0.2, 0) is 0 Å². The van der Waals surface area contributed by atoms with Gasteiger partial charge in [-0.3, -0.25) is 0 Å². The van der Waals surface area contributed by atoms with Gasteiger partial charge in [0.1, 0.15) is 0 Å². The maximum Gasteiger partial charge on any atom is 0.200 e. The molecule has 0 aliphatic rings. The van der Waals surface area contributed by atoms with Crippen LogP contribution in [0.4, 0.5) is 5.13 Å². The molecule has 0 amide bonds. The molecule has 0 fully saturated rings. The Hall–Kier alpha value is -1.69. The van der Waals surface area contributed by atoms with E-state index in [9.17, 15) is 5.21 Å². The number of aromatic nitrogens is 3. The Morgan fingerprint density at radius 1 is 1.38 bits per heavy atom. The standard InChI is InChI=1S/C7H6N4OS/c8-7-9-6(10-13-7)5-1-3-11(12)4-2-5/h1-4H,(H2,8,9,10). The molecule has 0 saturated carbocycles. The van der Waals surface area contributed by atoms with Crippen molar-refractivity contribution in [2.45, 2.75) is 0 Å². The number of nitrogen functional groups attached to an aromatic ring is 1. The van der Waals surface area contributed by atoms with Crippen LogP contribution in [0.5, 0.6) is 0 Å². The summed E-state index contributed by atoms with van der Waals surface area (Å²) in [6.45, 7) is 0. The number of hydrogen-bond acceptors (Lipinski definition) is 5. The zero-order valence-electron chi connectivity index (χ0n) is 6.54. The highest BCUT2D eigenvalue weighted by atomic mass is 32.1. The van der Waals surface area contributed by atoms with E-state index in [0.717, 1.165) is 17.1 Å². The average Bonchev–Trinajstić information content (AvgIpc) is 2.53. The second kappa shape index (κ2) is 2.98. The van der Waals surface area contributed by atoms with Gasteiger partial charge in [-0.05, 0) is 0 Å². The molecule has 2 aromatic heterocycles. The molecule has 0 unspecified atom stereocenters. The van der Waals surface area contributed by atoms with Crippen LogP contribution in [0.3, 0.4) is 0 Å². The molecule has 66 valence electrons. The topological polar surface area (TPSA) is 78.7 Å². The summed E-state index contributed by atoms with van der Waals surface area (Å²) < 4.78 is 4.72. The van der Waals surface area contributed by atoms with Crippen molar-refractivity contribution < 1.29 is 4.73 Å². The van der Waals surface area contributed by atoms with E-state index in [2.05, 4.69) is 9.36 Å². The van der Waals surface area contributed by atoms with E-state index in [-0.39, 0.29) is 0 Å². The van der Waals surface area contributed by atoms with Gasteiger partial charge < -0.3 is 10.9 Å². The number of anilines is 1. The molecule has 2 heterocycles. The van der Waals surface area contributed by atoms with Crippen LogP contribution >= 0.6 is 11.5 Å². The van der Waals surface area contributed by atoms with Crippen molar-refractivity contribution in [2.75, 3.05) is 5.73 Å². The zero-order valence-corrected chi connectivity index (χ0v) is 7.36. The van der Waals surface area contributed by atoms with Crippen molar-refractivity contribution in [1.82, 2.24) is 9.36 Å². The van der Waals surface area contributed by atoms with Crippen LogP contribution in [0, 0.1) is 5.21 Å². The van der Waals surface area contributed by atoms with Gasteiger partial charge >= 0.3 is 0 Å². The fraction of sp³-hybridized carbons (Fsp3) is 0. The van der Waals surface area contributed by atoms with Gasteiger partial charge in [0.25, 0.3) is 0 Å². The van der Waals surface area contributed by atoms with Crippen molar-refractivity contribution in [2.24, 2.45) is 0 Å². The molecule has 2 N–H and O–H groups in total. The number of pyridine rings is 1. The van der Waals surface area contributed by atoms with Gasteiger partial charge in [0.2, 0.25) is 0 Å². The Kier molecular flexibility index (Phi) is 1.82. The number of hydrogen-bond donors (Lipinski definition) is 1. The molecular formula is C7H6N4OS. The summed E-state index contributed by atoms with van der Waals surface area (Å²) in [5, 5.41) is 11.1. The van der Waals surface area contributed by atoms with Crippen molar-refractivity contribution in [1.29, 1.82) is 0 Å². The molecule has 0 aromatic carbocycles. The maximum absolute atomic E-state index is 10.7. The van der Waals surface area contributed by atoms with Gasteiger partial charge in [0, 0.05) is 29.2 Å². The van der Waals surface area contributed by atoms with Crippen molar-refractivity contribution >= 4 is 16.7 Å². The van der Waals surface area contributed by atoms with Crippen LogP contribution in [0.2, 0.25) is 0 Å². The zero-order chi connectivity index (χ0) is 9.26. The minimum absolute atomic E-state index is 0.425. The molecule has 0 radical (unpaired) electrons. The van der Waals surface area contributed by atoms with Gasteiger partial charge in [0.15, 0.2) is 23.3 Å². The molecular weight excluding hydrogens is 188 g/mol. The van der Waals surface area contributed by atoms with E-state index in [1.165, 1.54) is 12.4 Å². The maximum atomic E-state index is 10.7. The summed E-state index contributed by atoms with van der Waals surface area (Å²) in [6, 6.07) is 3.29. The van der Waals surface area contributed by atoms with Gasteiger partial charge in [-0.2, -0.15) is 14.1 Å². The third-order valence-electron chi connectivity index (χ3n) is 1.50. The van der Waals surface area contributed by atoms with Crippen LogP contribution in [0.25, 0.3) is 11.4 Å². The lowest BCUT2D eigenvalue weighted by atomic mass is 10.2. The minimum Gasteiger partial charge on any atom is -0.619 e. The normalized spacial score (nSPS) is 10.2. The third kappa shape index (κ3) is 1.57. The van der Waals surface area contributed by atoms with Crippen LogP contribution in [0.1, 0.15) is 0 Å². The summed E-state index contributed by atoms with van der Waals surface area (Å²) in [7, 11) is 0. The lowest BCUT2D eigenvalue weighted by Crippen LogP contribution is -2.23. The largest absolute Gasteiger partial charge is 0.619 e. The molecule has 2 rings (SSSR count). The summed E-state index contributed by atoms with van der Waals surface area (Å²) in [5.74, 6) is 0.558. The first-order chi connectivity index (χ1) is 6.25.